The third-order valence-electron chi connectivity index (χ3n) is 2.22. The van der Waals surface area contributed by atoms with E-state index in [9.17, 15) is 22.8 Å². The quantitative estimate of drug-likeness (QED) is 0.551. The van der Waals surface area contributed by atoms with Crippen LogP contribution >= 0.6 is 0 Å². The summed E-state index contributed by atoms with van der Waals surface area (Å²) in [5.41, 5.74) is -2.62. The van der Waals surface area contributed by atoms with Gasteiger partial charge in [-0.05, 0) is 0 Å². The number of aromatic nitrogens is 2. The standard InChI is InChI=1S/C7H5BF3N3O2/c8-3-4(7(9,10)11)13-6-12-2(15)1-14(6)5(3)16/h1,8H2,(H,12,13,15). The molecule has 0 spiro atoms. The lowest BCUT2D eigenvalue weighted by Crippen LogP contribution is -2.40. The second-order valence-corrected chi connectivity index (χ2v) is 3.35. The van der Waals surface area contributed by atoms with Gasteiger partial charge >= 0.3 is 6.18 Å². The van der Waals surface area contributed by atoms with Crippen molar-refractivity contribution in [1.29, 1.82) is 0 Å². The maximum atomic E-state index is 12.5. The van der Waals surface area contributed by atoms with Crippen molar-refractivity contribution in [3.05, 3.63) is 16.0 Å². The zero-order valence-electron chi connectivity index (χ0n) is 8.05. The van der Waals surface area contributed by atoms with E-state index in [0.29, 0.717) is 0 Å². The minimum absolute atomic E-state index is 0.292. The Balaban J connectivity index is 2.71. The van der Waals surface area contributed by atoms with Gasteiger partial charge in [0.25, 0.3) is 0 Å². The molecule has 9 heteroatoms. The van der Waals surface area contributed by atoms with Crippen LogP contribution in [0.5, 0.6) is 0 Å². The molecule has 16 heavy (non-hydrogen) atoms. The SMILES string of the molecule is Bc1c(C(F)(F)F)nc2n(c1=O)CC(=O)N2. The first-order chi connectivity index (χ1) is 7.30. The van der Waals surface area contributed by atoms with Crippen LogP contribution in [-0.2, 0) is 17.5 Å². The molecule has 1 N–H and O–H groups in total. The third kappa shape index (κ3) is 1.48. The van der Waals surface area contributed by atoms with Gasteiger partial charge in [-0.2, -0.15) is 13.2 Å². The van der Waals surface area contributed by atoms with Gasteiger partial charge in [-0.3, -0.25) is 19.5 Å². The van der Waals surface area contributed by atoms with Crippen molar-refractivity contribution in [1.82, 2.24) is 9.55 Å². The highest BCUT2D eigenvalue weighted by Gasteiger charge is 2.37. The molecule has 0 aromatic carbocycles. The molecule has 0 saturated carbocycles. The van der Waals surface area contributed by atoms with Crippen LogP contribution in [0.3, 0.4) is 0 Å². The summed E-state index contributed by atoms with van der Waals surface area (Å²) < 4.78 is 38.3. The van der Waals surface area contributed by atoms with Crippen LogP contribution in [0.4, 0.5) is 19.1 Å². The Morgan fingerprint density at radius 3 is 2.56 bits per heavy atom. The molecule has 0 bridgehead atoms. The van der Waals surface area contributed by atoms with Crippen LogP contribution < -0.4 is 16.3 Å². The Kier molecular flexibility index (Phi) is 2.07. The fraction of sp³-hybridized carbons (Fsp3) is 0.286. The Labute approximate surface area is 87.7 Å². The van der Waals surface area contributed by atoms with E-state index in [4.69, 9.17) is 0 Å². The molecule has 2 rings (SSSR count). The number of fused-ring (bicyclic) bond motifs is 1. The van der Waals surface area contributed by atoms with Crippen LogP contribution in [0.2, 0.25) is 0 Å². The average molecular weight is 231 g/mol. The number of anilines is 1. The van der Waals surface area contributed by atoms with Crippen LogP contribution in [0, 0.1) is 0 Å². The number of carbonyl (C=O) groups excluding carboxylic acids is 1. The predicted molar refractivity (Wildman–Crippen MR) is 50.3 cm³/mol. The minimum Gasteiger partial charge on any atom is -0.294 e. The number of rotatable bonds is 0. The second-order valence-electron chi connectivity index (χ2n) is 3.35. The van der Waals surface area contributed by atoms with Gasteiger partial charge in [-0.1, -0.05) is 0 Å². The highest BCUT2D eigenvalue weighted by Crippen LogP contribution is 2.26. The van der Waals surface area contributed by atoms with Gasteiger partial charge in [0.15, 0.2) is 0 Å². The Morgan fingerprint density at radius 2 is 2.00 bits per heavy atom. The molecule has 5 nitrogen and oxygen atoms in total. The number of halogens is 3. The normalized spacial score (nSPS) is 14.8. The fourth-order valence-electron chi connectivity index (χ4n) is 1.48. The summed E-state index contributed by atoms with van der Waals surface area (Å²) in [4.78, 5) is 25.7. The molecule has 0 atom stereocenters. The van der Waals surface area contributed by atoms with Gasteiger partial charge in [0.05, 0.1) is 0 Å². The van der Waals surface area contributed by atoms with E-state index in [0.717, 1.165) is 12.4 Å². The van der Waals surface area contributed by atoms with E-state index >= 15 is 0 Å². The van der Waals surface area contributed by atoms with Crippen molar-refractivity contribution < 1.29 is 18.0 Å². The molecule has 1 aromatic heterocycles. The van der Waals surface area contributed by atoms with Gasteiger partial charge in [-0.25, -0.2) is 4.98 Å². The predicted octanol–water partition coefficient (Wildman–Crippen LogP) is -1.53. The first-order valence-corrected chi connectivity index (χ1v) is 4.29. The van der Waals surface area contributed by atoms with Gasteiger partial charge in [0.1, 0.15) is 20.1 Å². The summed E-state index contributed by atoms with van der Waals surface area (Å²) in [6.45, 7) is -0.292. The number of amides is 1. The summed E-state index contributed by atoms with van der Waals surface area (Å²) in [6.07, 6.45) is -4.70. The fourth-order valence-corrected chi connectivity index (χ4v) is 1.48. The summed E-state index contributed by atoms with van der Waals surface area (Å²) in [5, 5.41) is 2.09. The van der Waals surface area contributed by atoms with E-state index in [1.807, 2.05) is 0 Å². The largest absolute Gasteiger partial charge is 0.433 e. The number of nitrogens with one attached hydrogen (secondary N) is 1. The van der Waals surface area contributed by atoms with Gasteiger partial charge in [0.2, 0.25) is 17.4 Å². The van der Waals surface area contributed by atoms with Crippen molar-refractivity contribution in [2.75, 3.05) is 5.32 Å². The molecule has 2 heterocycles. The highest BCUT2D eigenvalue weighted by atomic mass is 19.4. The lowest BCUT2D eigenvalue weighted by Gasteiger charge is -2.10. The Bertz CT molecular complexity index is 537. The molecular formula is C7H5BF3N3O2. The maximum absolute atomic E-state index is 12.5. The zero-order valence-corrected chi connectivity index (χ0v) is 8.05. The zero-order chi connectivity index (χ0) is 12.1. The van der Waals surface area contributed by atoms with Crippen LogP contribution in [-0.4, -0.2) is 23.3 Å². The number of hydrogen-bond acceptors (Lipinski definition) is 3. The second kappa shape index (κ2) is 3.10. The van der Waals surface area contributed by atoms with Gasteiger partial charge in [-0.15, -0.1) is 0 Å². The van der Waals surface area contributed by atoms with Crippen molar-refractivity contribution in [2.24, 2.45) is 0 Å². The molecule has 0 aliphatic carbocycles. The summed E-state index contributed by atoms with van der Waals surface area (Å²) in [7, 11) is 1.04. The van der Waals surface area contributed by atoms with Crippen molar-refractivity contribution in [3.63, 3.8) is 0 Å². The van der Waals surface area contributed by atoms with Gasteiger partial charge < -0.3 is 0 Å². The number of carbonyl (C=O) groups is 1. The van der Waals surface area contributed by atoms with E-state index in [-0.39, 0.29) is 12.5 Å². The number of alkyl halides is 3. The molecule has 0 fully saturated rings. The average Bonchev–Trinajstić information content (AvgIpc) is 2.51. The van der Waals surface area contributed by atoms with Crippen LogP contribution in [0.25, 0.3) is 0 Å². The van der Waals surface area contributed by atoms with Crippen molar-refractivity contribution >= 4 is 25.2 Å². The molecular weight excluding hydrogens is 226 g/mol. The molecule has 84 valence electrons. The number of hydrogen-bond donors (Lipinski definition) is 1. The topological polar surface area (TPSA) is 64.0 Å². The number of nitrogens with zero attached hydrogens (tertiary/aromatic N) is 2. The van der Waals surface area contributed by atoms with E-state index in [2.05, 4.69) is 10.3 Å². The molecule has 0 radical (unpaired) electrons. The smallest absolute Gasteiger partial charge is 0.294 e. The van der Waals surface area contributed by atoms with Crippen LogP contribution in [0.1, 0.15) is 5.69 Å². The Hall–Kier alpha value is -1.80. The van der Waals surface area contributed by atoms with E-state index in [1.165, 1.54) is 0 Å². The lowest BCUT2D eigenvalue weighted by atomic mass is 9.95. The first kappa shape index (κ1) is 10.7. The summed E-state index contributed by atoms with van der Waals surface area (Å²) >= 11 is 0. The molecule has 1 amide bonds. The maximum Gasteiger partial charge on any atom is 0.433 e. The minimum atomic E-state index is -4.70. The molecule has 0 unspecified atom stereocenters. The highest BCUT2D eigenvalue weighted by molar-refractivity contribution is 6.33. The lowest BCUT2D eigenvalue weighted by molar-refractivity contribution is -0.140. The third-order valence-corrected chi connectivity index (χ3v) is 2.22. The molecule has 1 aliphatic heterocycles. The molecule has 1 aliphatic rings. The summed E-state index contributed by atoms with van der Waals surface area (Å²) in [5.74, 6) is -0.906. The van der Waals surface area contributed by atoms with E-state index < -0.39 is 28.8 Å². The first-order valence-electron chi connectivity index (χ1n) is 4.29. The van der Waals surface area contributed by atoms with Crippen molar-refractivity contribution in [2.45, 2.75) is 12.7 Å². The van der Waals surface area contributed by atoms with Crippen LogP contribution in [0.15, 0.2) is 4.79 Å². The Morgan fingerprint density at radius 1 is 1.38 bits per heavy atom. The monoisotopic (exact) mass is 231 g/mol. The van der Waals surface area contributed by atoms with E-state index in [1.54, 1.807) is 0 Å². The molecule has 0 saturated heterocycles. The van der Waals surface area contributed by atoms with Gasteiger partial charge in [0, 0.05) is 5.46 Å². The molecule has 1 aromatic rings. The van der Waals surface area contributed by atoms with Crippen molar-refractivity contribution in [3.8, 4) is 0 Å². The summed E-state index contributed by atoms with van der Waals surface area (Å²) in [6, 6.07) is 0.